The van der Waals surface area contributed by atoms with Gasteiger partial charge in [-0.25, -0.2) is 0 Å². The Kier molecular flexibility index (Phi) is 13.1. The minimum Gasteiger partial charge on any atom is -0.497 e. The first-order valence-electron chi connectivity index (χ1n) is 14.4. The molecule has 0 N–H and O–H groups in total. The van der Waals surface area contributed by atoms with Crippen molar-refractivity contribution < 1.29 is 33.2 Å². The molecule has 0 aliphatic carbocycles. The average Bonchev–Trinajstić information content (AvgIpc) is 3.04. The summed E-state index contributed by atoms with van der Waals surface area (Å²) in [4.78, 5) is 0. The van der Waals surface area contributed by atoms with E-state index in [1.54, 1.807) is 13.2 Å². The van der Waals surface area contributed by atoms with Crippen LogP contribution in [0.1, 0.15) is 24.0 Å². The monoisotopic (exact) mass is 574 g/mol. The highest BCUT2D eigenvalue weighted by Gasteiger charge is 2.49. The maximum absolute atomic E-state index is 6.62. The standard InChI is InChI=1S/C35H42O7/c1-4-6-13-23-38-35-34(41-25-28-16-11-8-12-17-28)33(40-24-27-14-9-7-10-15-27)32(37-22-5-2)31(42-35)26-39-30-20-18-29(36-3)19-21-30/h4-5,7-12,14-21,31-35H,1-2,6,13,22-26H2,3H3/t31-,32+,33+,34-,35-/m1/s1. The maximum Gasteiger partial charge on any atom is 0.186 e. The van der Waals surface area contributed by atoms with Gasteiger partial charge in [0.2, 0.25) is 0 Å². The van der Waals surface area contributed by atoms with Crippen LogP contribution in [-0.2, 0) is 36.9 Å². The van der Waals surface area contributed by atoms with Crippen molar-refractivity contribution >= 4 is 0 Å². The van der Waals surface area contributed by atoms with Gasteiger partial charge in [-0.1, -0.05) is 72.8 Å². The summed E-state index contributed by atoms with van der Waals surface area (Å²) in [7, 11) is 1.63. The molecule has 7 heteroatoms. The number of allylic oxidation sites excluding steroid dienone is 1. The average molecular weight is 575 g/mol. The van der Waals surface area contributed by atoms with Gasteiger partial charge in [0.15, 0.2) is 6.29 Å². The second kappa shape index (κ2) is 17.5. The third-order valence-electron chi connectivity index (χ3n) is 6.88. The molecule has 0 unspecified atom stereocenters. The molecule has 7 nitrogen and oxygen atoms in total. The van der Waals surface area contributed by atoms with Crippen LogP contribution in [0.25, 0.3) is 0 Å². The van der Waals surface area contributed by atoms with Gasteiger partial charge < -0.3 is 33.2 Å². The summed E-state index contributed by atoms with van der Waals surface area (Å²) >= 11 is 0. The van der Waals surface area contributed by atoms with Gasteiger partial charge in [0.1, 0.15) is 42.5 Å². The Morgan fingerprint density at radius 1 is 0.690 bits per heavy atom. The minimum atomic E-state index is -0.702. The van der Waals surface area contributed by atoms with Crippen LogP contribution in [0.5, 0.6) is 11.5 Å². The van der Waals surface area contributed by atoms with E-state index < -0.39 is 30.7 Å². The Morgan fingerprint density at radius 2 is 1.31 bits per heavy atom. The number of hydrogen-bond acceptors (Lipinski definition) is 7. The molecule has 42 heavy (non-hydrogen) atoms. The number of benzene rings is 3. The smallest absolute Gasteiger partial charge is 0.186 e. The van der Waals surface area contributed by atoms with Crippen molar-refractivity contribution in [2.24, 2.45) is 0 Å². The van der Waals surface area contributed by atoms with Crippen molar-refractivity contribution in [1.29, 1.82) is 0 Å². The summed E-state index contributed by atoms with van der Waals surface area (Å²) in [5.41, 5.74) is 2.08. The highest BCUT2D eigenvalue weighted by atomic mass is 16.7. The number of unbranched alkanes of at least 4 members (excludes halogenated alkanes) is 1. The molecular formula is C35H42O7. The molecule has 3 aromatic carbocycles. The van der Waals surface area contributed by atoms with Gasteiger partial charge in [-0.2, -0.15) is 0 Å². The van der Waals surface area contributed by atoms with Crippen molar-refractivity contribution in [3.05, 3.63) is 121 Å². The molecular weight excluding hydrogens is 532 g/mol. The lowest BCUT2D eigenvalue weighted by molar-refractivity contribution is -0.323. The van der Waals surface area contributed by atoms with Crippen molar-refractivity contribution in [1.82, 2.24) is 0 Å². The normalized spacial score (nSPS) is 21.9. The van der Waals surface area contributed by atoms with E-state index in [1.165, 1.54) is 0 Å². The third kappa shape index (κ3) is 9.54. The molecule has 0 radical (unpaired) electrons. The molecule has 0 spiro atoms. The minimum absolute atomic E-state index is 0.220. The quantitative estimate of drug-likeness (QED) is 0.127. The topological polar surface area (TPSA) is 64.6 Å². The zero-order valence-electron chi connectivity index (χ0n) is 24.3. The van der Waals surface area contributed by atoms with E-state index >= 15 is 0 Å². The molecule has 0 amide bonds. The summed E-state index contributed by atoms with van der Waals surface area (Å²) in [6.45, 7) is 9.44. The SMILES string of the molecule is C=CCCCO[C@@H]1O[C@H](COc2ccc(OC)cc2)[C@H](OCC=C)[C@H](OCc2ccccc2)[C@H]1OCc1ccccc1. The van der Waals surface area contributed by atoms with E-state index in [2.05, 4.69) is 13.2 Å². The van der Waals surface area contributed by atoms with Crippen LogP contribution in [0.15, 0.2) is 110 Å². The predicted molar refractivity (Wildman–Crippen MR) is 163 cm³/mol. The second-order valence-corrected chi connectivity index (χ2v) is 9.94. The molecule has 0 aromatic heterocycles. The number of hydrogen-bond donors (Lipinski definition) is 0. The summed E-state index contributed by atoms with van der Waals surface area (Å²) in [6.07, 6.45) is 2.44. The highest BCUT2D eigenvalue weighted by Crippen LogP contribution is 2.31. The fourth-order valence-electron chi connectivity index (χ4n) is 4.70. The van der Waals surface area contributed by atoms with E-state index in [1.807, 2.05) is 91.0 Å². The first-order valence-corrected chi connectivity index (χ1v) is 14.4. The van der Waals surface area contributed by atoms with Gasteiger partial charge >= 0.3 is 0 Å². The van der Waals surface area contributed by atoms with E-state index in [4.69, 9.17) is 33.2 Å². The van der Waals surface area contributed by atoms with Gasteiger partial charge in [0, 0.05) is 0 Å². The number of ether oxygens (including phenoxy) is 7. The lowest BCUT2D eigenvalue weighted by Gasteiger charge is -2.45. The van der Waals surface area contributed by atoms with Crippen molar-refractivity contribution in [2.75, 3.05) is 26.9 Å². The zero-order chi connectivity index (χ0) is 29.4. The number of rotatable bonds is 18. The summed E-state index contributed by atoms with van der Waals surface area (Å²) in [6, 6.07) is 27.5. The zero-order valence-corrected chi connectivity index (χ0v) is 24.3. The molecule has 1 heterocycles. The molecule has 1 saturated heterocycles. The molecule has 5 atom stereocenters. The van der Waals surface area contributed by atoms with Crippen LogP contribution in [0.2, 0.25) is 0 Å². The summed E-state index contributed by atoms with van der Waals surface area (Å²) in [5, 5.41) is 0. The molecule has 1 fully saturated rings. The first kappa shape index (κ1) is 31.5. The van der Waals surface area contributed by atoms with Gasteiger partial charge in [-0.15, -0.1) is 13.2 Å². The lowest BCUT2D eigenvalue weighted by atomic mass is 9.98. The molecule has 3 aromatic rings. The molecule has 0 saturated carbocycles. The fraction of sp³-hybridized carbons (Fsp3) is 0.371. The Labute approximate surface area is 249 Å². The van der Waals surface area contributed by atoms with E-state index in [9.17, 15) is 0 Å². The van der Waals surface area contributed by atoms with Gasteiger partial charge in [0.05, 0.1) is 33.5 Å². The molecule has 4 rings (SSSR count). The van der Waals surface area contributed by atoms with Crippen LogP contribution in [0.3, 0.4) is 0 Å². The summed E-state index contributed by atoms with van der Waals surface area (Å²) in [5.74, 6) is 1.44. The number of methoxy groups -OCH3 is 1. The van der Waals surface area contributed by atoms with Crippen molar-refractivity contribution in [3.63, 3.8) is 0 Å². The van der Waals surface area contributed by atoms with Gasteiger partial charge in [0.25, 0.3) is 0 Å². The van der Waals surface area contributed by atoms with Crippen LogP contribution in [-0.4, -0.2) is 57.6 Å². The molecule has 1 aliphatic rings. The molecule has 224 valence electrons. The fourth-order valence-corrected chi connectivity index (χ4v) is 4.70. The third-order valence-corrected chi connectivity index (χ3v) is 6.88. The highest BCUT2D eigenvalue weighted by molar-refractivity contribution is 5.31. The predicted octanol–water partition coefficient (Wildman–Crippen LogP) is 6.52. The molecule has 1 aliphatic heterocycles. The van der Waals surface area contributed by atoms with Crippen LogP contribution < -0.4 is 9.47 Å². The van der Waals surface area contributed by atoms with Crippen LogP contribution >= 0.6 is 0 Å². The van der Waals surface area contributed by atoms with Crippen LogP contribution in [0.4, 0.5) is 0 Å². The Balaban J connectivity index is 1.60. The second-order valence-electron chi connectivity index (χ2n) is 9.94. The largest absolute Gasteiger partial charge is 0.497 e. The van der Waals surface area contributed by atoms with Gasteiger partial charge in [-0.05, 0) is 48.2 Å². The Hall–Kier alpha value is -3.46. The van der Waals surface area contributed by atoms with E-state index in [0.717, 1.165) is 29.7 Å². The summed E-state index contributed by atoms with van der Waals surface area (Å²) < 4.78 is 43.8. The van der Waals surface area contributed by atoms with E-state index in [-0.39, 0.29) is 6.61 Å². The molecule has 0 bridgehead atoms. The Bertz CT molecular complexity index is 1170. The van der Waals surface area contributed by atoms with E-state index in [0.29, 0.717) is 32.2 Å². The van der Waals surface area contributed by atoms with Gasteiger partial charge in [-0.3, -0.25) is 0 Å². The maximum atomic E-state index is 6.62. The van der Waals surface area contributed by atoms with Crippen LogP contribution in [0, 0.1) is 0 Å². The Morgan fingerprint density at radius 3 is 1.90 bits per heavy atom. The van der Waals surface area contributed by atoms with Crippen molar-refractivity contribution in [2.45, 2.75) is 56.8 Å². The first-order chi connectivity index (χ1) is 20.7. The lowest BCUT2D eigenvalue weighted by Crippen LogP contribution is -2.62. The van der Waals surface area contributed by atoms with Crippen molar-refractivity contribution in [3.8, 4) is 11.5 Å².